The second-order valence-electron chi connectivity index (χ2n) is 3.71. The summed E-state index contributed by atoms with van der Waals surface area (Å²) in [5.41, 5.74) is 7.10. The highest BCUT2D eigenvalue weighted by Gasteiger charge is 2.03. The van der Waals surface area contributed by atoms with Crippen LogP contribution in [0.25, 0.3) is 0 Å². The summed E-state index contributed by atoms with van der Waals surface area (Å²) in [4.78, 5) is 11.6. The fourth-order valence-corrected chi connectivity index (χ4v) is 1.48. The Balaban J connectivity index is 2.01. The van der Waals surface area contributed by atoms with Gasteiger partial charge in [-0.3, -0.25) is 0 Å². The van der Waals surface area contributed by atoms with Gasteiger partial charge in [0.15, 0.2) is 0 Å². The van der Waals surface area contributed by atoms with E-state index in [1.54, 1.807) is 30.3 Å². The largest absolute Gasteiger partial charge is 0.399 e. The van der Waals surface area contributed by atoms with E-state index in [1.165, 1.54) is 18.2 Å². The normalized spacial score (nSPS) is 9.83. The van der Waals surface area contributed by atoms with Gasteiger partial charge in [-0.2, -0.15) is 0 Å². The number of anilines is 3. The molecule has 0 saturated heterocycles. The molecular weight excluding hydrogens is 233 g/mol. The minimum absolute atomic E-state index is 0.386. The highest BCUT2D eigenvalue weighted by atomic mass is 19.1. The van der Waals surface area contributed by atoms with Crippen LogP contribution in [-0.2, 0) is 0 Å². The highest BCUT2D eigenvalue weighted by Crippen LogP contribution is 2.13. The summed E-state index contributed by atoms with van der Waals surface area (Å²) in [6.45, 7) is 0. The van der Waals surface area contributed by atoms with Gasteiger partial charge in [0, 0.05) is 17.1 Å². The Morgan fingerprint density at radius 1 is 1.00 bits per heavy atom. The van der Waals surface area contributed by atoms with E-state index in [9.17, 15) is 9.18 Å². The molecule has 4 nitrogen and oxygen atoms in total. The van der Waals surface area contributed by atoms with Crippen LogP contribution in [0.15, 0.2) is 48.5 Å². The molecule has 0 atom stereocenters. The number of rotatable bonds is 2. The van der Waals surface area contributed by atoms with Crippen LogP contribution in [0.1, 0.15) is 0 Å². The molecule has 92 valence electrons. The fourth-order valence-electron chi connectivity index (χ4n) is 1.48. The number of benzene rings is 2. The van der Waals surface area contributed by atoms with Crippen molar-refractivity contribution in [3.05, 3.63) is 54.3 Å². The number of carbonyl (C=O) groups excluding carboxylic acids is 1. The zero-order chi connectivity index (χ0) is 13.0. The molecule has 2 aromatic carbocycles. The van der Waals surface area contributed by atoms with Gasteiger partial charge in [0.25, 0.3) is 0 Å². The average molecular weight is 245 g/mol. The molecule has 0 heterocycles. The van der Waals surface area contributed by atoms with Crippen LogP contribution in [0.2, 0.25) is 0 Å². The van der Waals surface area contributed by atoms with Crippen LogP contribution in [0.3, 0.4) is 0 Å². The van der Waals surface area contributed by atoms with Crippen molar-refractivity contribution in [3.63, 3.8) is 0 Å². The Hall–Kier alpha value is -2.56. The first-order valence-corrected chi connectivity index (χ1v) is 5.32. The zero-order valence-corrected chi connectivity index (χ0v) is 9.48. The molecule has 0 radical (unpaired) electrons. The Kier molecular flexibility index (Phi) is 3.43. The maximum absolute atomic E-state index is 12.9. The lowest BCUT2D eigenvalue weighted by atomic mass is 10.3. The minimum atomic E-state index is -0.453. The van der Waals surface area contributed by atoms with Crippen molar-refractivity contribution < 1.29 is 9.18 Å². The number of carbonyl (C=O) groups is 1. The van der Waals surface area contributed by atoms with E-state index >= 15 is 0 Å². The van der Waals surface area contributed by atoms with Gasteiger partial charge in [0.1, 0.15) is 5.82 Å². The van der Waals surface area contributed by atoms with Crippen molar-refractivity contribution >= 4 is 23.1 Å². The van der Waals surface area contributed by atoms with Crippen molar-refractivity contribution in [1.82, 2.24) is 0 Å². The molecule has 0 fully saturated rings. The number of nitrogen functional groups attached to an aromatic ring is 1. The lowest BCUT2D eigenvalue weighted by molar-refractivity contribution is 0.262. The molecule has 0 aliphatic rings. The molecule has 0 aliphatic carbocycles. The predicted molar refractivity (Wildman–Crippen MR) is 69.9 cm³/mol. The second kappa shape index (κ2) is 5.18. The molecule has 18 heavy (non-hydrogen) atoms. The third kappa shape index (κ3) is 3.21. The number of urea groups is 1. The molecule has 0 saturated carbocycles. The predicted octanol–water partition coefficient (Wildman–Crippen LogP) is 3.05. The first-order chi connectivity index (χ1) is 8.63. The van der Waals surface area contributed by atoms with Gasteiger partial charge >= 0.3 is 6.03 Å². The summed E-state index contributed by atoms with van der Waals surface area (Å²) < 4.78 is 12.9. The van der Waals surface area contributed by atoms with Crippen molar-refractivity contribution in [1.29, 1.82) is 0 Å². The van der Waals surface area contributed by atoms with Crippen LogP contribution in [0.4, 0.5) is 26.2 Å². The van der Waals surface area contributed by atoms with Crippen LogP contribution >= 0.6 is 0 Å². The Morgan fingerprint density at radius 3 is 2.22 bits per heavy atom. The molecule has 0 aromatic heterocycles. The SMILES string of the molecule is Nc1cccc(NC(=O)Nc2cccc(F)c2)c1. The van der Waals surface area contributed by atoms with E-state index in [0.29, 0.717) is 17.1 Å². The maximum Gasteiger partial charge on any atom is 0.323 e. The Bertz CT molecular complexity index is 522. The molecule has 0 unspecified atom stereocenters. The zero-order valence-electron chi connectivity index (χ0n) is 9.48. The topological polar surface area (TPSA) is 67.1 Å². The third-order valence-electron chi connectivity index (χ3n) is 2.23. The molecule has 4 N–H and O–H groups in total. The van der Waals surface area contributed by atoms with E-state index in [4.69, 9.17) is 5.73 Å². The molecule has 0 spiro atoms. The summed E-state index contributed by atoms with van der Waals surface area (Å²) in [6.07, 6.45) is 0. The van der Waals surface area contributed by atoms with Crippen molar-refractivity contribution in [3.8, 4) is 0 Å². The molecular formula is C13H12FN3O. The van der Waals surface area contributed by atoms with Crippen LogP contribution < -0.4 is 16.4 Å². The number of nitrogens with one attached hydrogen (secondary N) is 2. The molecule has 2 aromatic rings. The summed E-state index contributed by atoms with van der Waals surface area (Å²) >= 11 is 0. The van der Waals surface area contributed by atoms with Gasteiger partial charge in [-0.05, 0) is 36.4 Å². The second-order valence-corrected chi connectivity index (χ2v) is 3.71. The fraction of sp³-hybridized carbons (Fsp3) is 0. The van der Waals surface area contributed by atoms with Crippen LogP contribution in [-0.4, -0.2) is 6.03 Å². The molecule has 0 bridgehead atoms. The average Bonchev–Trinajstić information content (AvgIpc) is 2.28. The summed E-state index contributed by atoms with van der Waals surface area (Å²) in [5, 5.41) is 5.12. The quantitative estimate of drug-likeness (QED) is 0.712. The van der Waals surface area contributed by atoms with Gasteiger partial charge in [-0.25, -0.2) is 9.18 Å². The minimum Gasteiger partial charge on any atom is -0.399 e. The van der Waals surface area contributed by atoms with Crippen molar-refractivity contribution in [2.45, 2.75) is 0 Å². The van der Waals surface area contributed by atoms with Gasteiger partial charge < -0.3 is 16.4 Å². The first kappa shape index (κ1) is 11.9. The van der Waals surface area contributed by atoms with Gasteiger partial charge in [0.05, 0.1) is 0 Å². The van der Waals surface area contributed by atoms with Crippen LogP contribution in [0, 0.1) is 5.82 Å². The summed E-state index contributed by atoms with van der Waals surface area (Å²) in [6, 6.07) is 12.0. The van der Waals surface area contributed by atoms with Crippen molar-refractivity contribution in [2.24, 2.45) is 0 Å². The van der Waals surface area contributed by atoms with E-state index < -0.39 is 11.8 Å². The van der Waals surface area contributed by atoms with E-state index in [-0.39, 0.29) is 0 Å². The number of amides is 2. The molecule has 2 rings (SSSR count). The first-order valence-electron chi connectivity index (χ1n) is 5.32. The summed E-state index contributed by atoms with van der Waals surface area (Å²) in [5.74, 6) is -0.406. The Morgan fingerprint density at radius 2 is 1.61 bits per heavy atom. The van der Waals surface area contributed by atoms with Gasteiger partial charge in [-0.1, -0.05) is 12.1 Å². The lowest BCUT2D eigenvalue weighted by Crippen LogP contribution is -2.19. The monoisotopic (exact) mass is 245 g/mol. The Labute approximate surface area is 104 Å². The number of nitrogens with two attached hydrogens (primary N) is 1. The summed E-state index contributed by atoms with van der Waals surface area (Å²) in [7, 11) is 0. The number of hydrogen-bond donors (Lipinski definition) is 3. The number of hydrogen-bond acceptors (Lipinski definition) is 2. The third-order valence-corrected chi connectivity index (χ3v) is 2.23. The smallest absolute Gasteiger partial charge is 0.323 e. The van der Waals surface area contributed by atoms with E-state index in [1.807, 2.05) is 0 Å². The molecule has 2 amide bonds. The lowest BCUT2D eigenvalue weighted by Gasteiger charge is -2.08. The molecule has 0 aliphatic heterocycles. The van der Waals surface area contributed by atoms with Crippen molar-refractivity contribution in [2.75, 3.05) is 16.4 Å². The molecule has 5 heteroatoms. The number of halogens is 1. The van der Waals surface area contributed by atoms with E-state index in [0.717, 1.165) is 0 Å². The highest BCUT2D eigenvalue weighted by molar-refractivity contribution is 5.99. The van der Waals surface area contributed by atoms with E-state index in [2.05, 4.69) is 10.6 Å². The maximum atomic E-state index is 12.9. The standard InChI is InChI=1S/C13H12FN3O/c14-9-3-1-5-11(7-9)16-13(18)17-12-6-2-4-10(15)8-12/h1-8H,15H2,(H2,16,17,18). The van der Waals surface area contributed by atoms with Gasteiger partial charge in [-0.15, -0.1) is 0 Å². The van der Waals surface area contributed by atoms with Crippen LogP contribution in [0.5, 0.6) is 0 Å². The van der Waals surface area contributed by atoms with Gasteiger partial charge in [0.2, 0.25) is 0 Å².